The van der Waals surface area contributed by atoms with E-state index in [0.29, 0.717) is 31.0 Å². The van der Waals surface area contributed by atoms with Gasteiger partial charge in [-0.25, -0.2) is 9.97 Å². The minimum absolute atomic E-state index is 0.00432. The van der Waals surface area contributed by atoms with Gasteiger partial charge in [-0.2, -0.15) is 0 Å². The van der Waals surface area contributed by atoms with Crippen molar-refractivity contribution < 1.29 is 9.53 Å². The summed E-state index contributed by atoms with van der Waals surface area (Å²) in [4.78, 5) is 23.0. The van der Waals surface area contributed by atoms with Gasteiger partial charge in [0.1, 0.15) is 18.7 Å². The monoisotopic (exact) mass is 345 g/mol. The van der Waals surface area contributed by atoms with Gasteiger partial charge in [-0.05, 0) is 23.8 Å². The number of nitrogens with zero attached hydrogens (tertiary/aromatic N) is 3. The highest BCUT2D eigenvalue weighted by Crippen LogP contribution is 2.21. The van der Waals surface area contributed by atoms with E-state index in [1.165, 1.54) is 0 Å². The van der Waals surface area contributed by atoms with Crippen LogP contribution in [0.4, 0.5) is 0 Å². The minimum Gasteiger partial charge on any atom is -0.489 e. The molecule has 1 amide bonds. The van der Waals surface area contributed by atoms with Crippen LogP contribution in [0.5, 0.6) is 5.75 Å². The molecule has 130 valence electrons. The molecule has 4 rings (SSSR count). The van der Waals surface area contributed by atoms with Crippen molar-refractivity contribution >= 4 is 5.91 Å². The highest BCUT2D eigenvalue weighted by Gasteiger charge is 2.22. The minimum atomic E-state index is 0.00432. The number of hydrogen-bond donors (Lipinski definition) is 0. The normalized spacial score (nSPS) is 13.2. The lowest BCUT2D eigenvalue weighted by Gasteiger charge is -2.28. The first-order valence-corrected chi connectivity index (χ1v) is 8.63. The summed E-state index contributed by atoms with van der Waals surface area (Å²) in [5, 5.41) is 0. The first-order chi connectivity index (χ1) is 12.8. The molecule has 1 aliphatic heterocycles. The van der Waals surface area contributed by atoms with Gasteiger partial charge in [0, 0.05) is 36.8 Å². The highest BCUT2D eigenvalue weighted by molar-refractivity contribution is 5.94. The molecule has 0 radical (unpaired) electrons. The molecule has 0 saturated heterocycles. The molecular weight excluding hydrogens is 326 g/mol. The fourth-order valence-electron chi connectivity index (χ4n) is 3.08. The van der Waals surface area contributed by atoms with E-state index in [-0.39, 0.29) is 5.91 Å². The van der Waals surface area contributed by atoms with Gasteiger partial charge in [0.15, 0.2) is 0 Å². The number of carbonyl (C=O) groups excluding carboxylic acids is 1. The second-order valence-corrected chi connectivity index (χ2v) is 6.27. The molecule has 0 unspecified atom stereocenters. The van der Waals surface area contributed by atoms with Crippen LogP contribution in [0.25, 0.3) is 0 Å². The molecule has 0 bridgehead atoms. The maximum atomic E-state index is 12.9. The van der Waals surface area contributed by atoms with Crippen molar-refractivity contribution in [3.63, 3.8) is 0 Å². The molecule has 26 heavy (non-hydrogen) atoms. The third-order valence-electron chi connectivity index (χ3n) is 4.48. The van der Waals surface area contributed by atoms with Crippen molar-refractivity contribution in [1.29, 1.82) is 0 Å². The van der Waals surface area contributed by atoms with Gasteiger partial charge in [0.2, 0.25) is 0 Å². The summed E-state index contributed by atoms with van der Waals surface area (Å²) in [5.41, 5.74) is 3.78. The van der Waals surface area contributed by atoms with Gasteiger partial charge >= 0.3 is 0 Å². The van der Waals surface area contributed by atoms with Crippen molar-refractivity contribution in [1.82, 2.24) is 14.9 Å². The number of amides is 1. The molecule has 5 heteroatoms. The Labute approximate surface area is 152 Å². The molecule has 0 saturated carbocycles. The first-order valence-electron chi connectivity index (χ1n) is 8.63. The van der Waals surface area contributed by atoms with Gasteiger partial charge in [0.05, 0.1) is 5.69 Å². The number of fused-ring (bicyclic) bond motifs is 1. The SMILES string of the molecule is O=C(c1cccc(OCc2ccccc2)c1)N1CCc2ncncc2C1. The van der Waals surface area contributed by atoms with Gasteiger partial charge in [-0.15, -0.1) is 0 Å². The molecular formula is C21H19N3O2. The predicted molar refractivity (Wildman–Crippen MR) is 97.7 cm³/mol. The Morgan fingerprint density at radius 2 is 2.00 bits per heavy atom. The number of benzene rings is 2. The Balaban J connectivity index is 1.45. The summed E-state index contributed by atoms with van der Waals surface area (Å²) in [6, 6.07) is 17.3. The first kappa shape index (κ1) is 16.3. The smallest absolute Gasteiger partial charge is 0.254 e. The fraction of sp³-hybridized carbons (Fsp3) is 0.190. The molecule has 0 atom stereocenters. The quantitative estimate of drug-likeness (QED) is 0.728. The van der Waals surface area contributed by atoms with Crippen LogP contribution in [0, 0.1) is 0 Å². The van der Waals surface area contributed by atoms with Crippen LogP contribution in [0.3, 0.4) is 0 Å². The summed E-state index contributed by atoms with van der Waals surface area (Å²) in [5.74, 6) is 0.699. The summed E-state index contributed by atoms with van der Waals surface area (Å²) >= 11 is 0. The van der Waals surface area contributed by atoms with Crippen LogP contribution in [0.1, 0.15) is 27.2 Å². The van der Waals surface area contributed by atoms with E-state index in [9.17, 15) is 4.79 Å². The number of carbonyl (C=O) groups is 1. The third-order valence-corrected chi connectivity index (χ3v) is 4.48. The lowest BCUT2D eigenvalue weighted by molar-refractivity contribution is 0.0732. The molecule has 0 aliphatic carbocycles. The molecule has 0 spiro atoms. The summed E-state index contributed by atoms with van der Waals surface area (Å²) < 4.78 is 5.84. The standard InChI is InChI=1S/C21H19N3O2/c25-21(24-10-9-20-18(13-24)12-22-15-23-20)17-7-4-8-19(11-17)26-14-16-5-2-1-3-6-16/h1-8,11-12,15H,9-10,13-14H2. The van der Waals surface area contributed by atoms with Crippen LogP contribution in [-0.2, 0) is 19.6 Å². The lowest BCUT2D eigenvalue weighted by atomic mass is 10.1. The van der Waals surface area contributed by atoms with E-state index >= 15 is 0 Å². The number of aromatic nitrogens is 2. The summed E-state index contributed by atoms with van der Waals surface area (Å²) in [6.45, 7) is 1.69. The molecule has 0 fully saturated rings. The topological polar surface area (TPSA) is 55.3 Å². The molecule has 5 nitrogen and oxygen atoms in total. The molecule has 2 aromatic carbocycles. The predicted octanol–water partition coefficient (Wildman–Crippen LogP) is 3.25. The van der Waals surface area contributed by atoms with Crippen molar-refractivity contribution in [2.45, 2.75) is 19.6 Å². The molecule has 3 aromatic rings. The maximum Gasteiger partial charge on any atom is 0.254 e. The number of rotatable bonds is 4. The number of hydrogen-bond acceptors (Lipinski definition) is 4. The number of ether oxygens (including phenoxy) is 1. The Kier molecular flexibility index (Phi) is 4.60. The Morgan fingerprint density at radius 1 is 1.12 bits per heavy atom. The molecule has 2 heterocycles. The lowest BCUT2D eigenvalue weighted by Crippen LogP contribution is -2.36. The molecule has 0 N–H and O–H groups in total. The largest absolute Gasteiger partial charge is 0.489 e. The van der Waals surface area contributed by atoms with Gasteiger partial charge in [0.25, 0.3) is 5.91 Å². The van der Waals surface area contributed by atoms with Crippen LogP contribution in [0.15, 0.2) is 67.1 Å². The zero-order valence-corrected chi connectivity index (χ0v) is 14.3. The van der Waals surface area contributed by atoms with E-state index in [0.717, 1.165) is 23.2 Å². The van der Waals surface area contributed by atoms with E-state index in [1.807, 2.05) is 59.5 Å². The average Bonchev–Trinajstić information content (AvgIpc) is 2.72. The second-order valence-electron chi connectivity index (χ2n) is 6.27. The zero-order valence-electron chi connectivity index (χ0n) is 14.3. The summed E-state index contributed by atoms with van der Waals surface area (Å²) in [7, 11) is 0. The zero-order chi connectivity index (χ0) is 17.8. The van der Waals surface area contributed by atoms with Crippen LogP contribution < -0.4 is 4.74 Å². The average molecular weight is 345 g/mol. The van der Waals surface area contributed by atoms with Crippen molar-refractivity contribution in [2.75, 3.05) is 6.54 Å². The Bertz CT molecular complexity index is 912. The highest BCUT2D eigenvalue weighted by atomic mass is 16.5. The molecule has 1 aromatic heterocycles. The van der Waals surface area contributed by atoms with E-state index in [2.05, 4.69) is 9.97 Å². The maximum absolute atomic E-state index is 12.9. The van der Waals surface area contributed by atoms with Crippen molar-refractivity contribution in [2.24, 2.45) is 0 Å². The van der Waals surface area contributed by atoms with Gasteiger partial charge in [-0.3, -0.25) is 4.79 Å². The van der Waals surface area contributed by atoms with Crippen LogP contribution in [-0.4, -0.2) is 27.3 Å². The Morgan fingerprint density at radius 3 is 2.88 bits per heavy atom. The van der Waals surface area contributed by atoms with Crippen LogP contribution in [0.2, 0.25) is 0 Å². The fourth-order valence-corrected chi connectivity index (χ4v) is 3.08. The van der Waals surface area contributed by atoms with Crippen molar-refractivity contribution in [3.8, 4) is 5.75 Å². The Hall–Kier alpha value is -3.21. The van der Waals surface area contributed by atoms with E-state index in [4.69, 9.17) is 4.74 Å². The van der Waals surface area contributed by atoms with E-state index in [1.54, 1.807) is 12.5 Å². The molecule has 1 aliphatic rings. The summed E-state index contributed by atoms with van der Waals surface area (Å²) in [6.07, 6.45) is 4.11. The van der Waals surface area contributed by atoms with Gasteiger partial charge in [-0.1, -0.05) is 36.4 Å². The van der Waals surface area contributed by atoms with Gasteiger partial charge < -0.3 is 9.64 Å². The van der Waals surface area contributed by atoms with E-state index < -0.39 is 0 Å². The third kappa shape index (κ3) is 3.57. The van der Waals surface area contributed by atoms with Crippen LogP contribution >= 0.6 is 0 Å². The second kappa shape index (κ2) is 7.35. The van der Waals surface area contributed by atoms with Crippen molar-refractivity contribution in [3.05, 3.63) is 89.5 Å².